The van der Waals surface area contributed by atoms with E-state index in [1.807, 2.05) is 0 Å². The first-order valence-corrected chi connectivity index (χ1v) is 24.3. The van der Waals surface area contributed by atoms with Gasteiger partial charge in [-0.2, -0.15) is 5.20 Å². The van der Waals surface area contributed by atoms with E-state index in [2.05, 4.69) is 168 Å². The van der Waals surface area contributed by atoms with Gasteiger partial charge in [-0.3, -0.25) is 6.08 Å². The van der Waals surface area contributed by atoms with E-state index in [9.17, 15) is 0 Å². The van der Waals surface area contributed by atoms with Crippen LogP contribution in [0.4, 0.5) is 0 Å². The molecule has 0 aliphatic heterocycles. The Morgan fingerprint density at radius 2 is 1.11 bits per heavy atom. The van der Waals surface area contributed by atoms with Gasteiger partial charge in [-0.05, 0) is 20.9 Å². The van der Waals surface area contributed by atoms with Crippen LogP contribution in [0, 0.1) is 6.08 Å². The zero-order chi connectivity index (χ0) is 31.9. The van der Waals surface area contributed by atoms with Crippen LogP contribution in [0.25, 0.3) is 21.5 Å². The molecule has 6 rings (SSSR count). The Bertz CT molecular complexity index is 1660. The Labute approximate surface area is 283 Å². The summed E-state index contributed by atoms with van der Waals surface area (Å²) in [5.41, 5.74) is 5.50. The molecular weight excluding hydrogens is 640 g/mol. The van der Waals surface area contributed by atoms with Crippen LogP contribution in [0.2, 0.25) is 39.3 Å². The Morgan fingerprint density at radius 1 is 0.659 bits per heavy atom. The van der Waals surface area contributed by atoms with E-state index >= 15 is 0 Å². The fourth-order valence-corrected chi connectivity index (χ4v) is 11.8. The second-order valence-corrected chi connectivity index (χ2v) is 25.1. The van der Waals surface area contributed by atoms with Gasteiger partial charge in [0.2, 0.25) is 0 Å². The third-order valence-electron chi connectivity index (χ3n) is 8.34. The van der Waals surface area contributed by atoms with Crippen molar-refractivity contribution < 1.29 is 24.2 Å². The summed E-state index contributed by atoms with van der Waals surface area (Å²) in [6.45, 7) is 19.1. The fourth-order valence-electron chi connectivity index (χ4n) is 5.71. The molecule has 0 N–H and O–H groups in total. The summed E-state index contributed by atoms with van der Waals surface area (Å²) < 4.78 is 1.42. The predicted octanol–water partition coefficient (Wildman–Crippen LogP) is 11.4. The predicted molar refractivity (Wildman–Crippen MR) is 198 cm³/mol. The monoisotopic (exact) mass is 686 g/mol. The van der Waals surface area contributed by atoms with E-state index in [-0.39, 0.29) is 0 Å². The van der Waals surface area contributed by atoms with Crippen molar-refractivity contribution in [3.05, 3.63) is 148 Å². The van der Waals surface area contributed by atoms with Gasteiger partial charge in [0.25, 0.3) is 0 Å². The van der Waals surface area contributed by atoms with E-state index in [1.54, 1.807) is 10.4 Å². The van der Waals surface area contributed by atoms with Crippen molar-refractivity contribution in [1.82, 2.24) is 0 Å². The first-order chi connectivity index (χ1) is 20.9. The van der Waals surface area contributed by atoms with E-state index in [4.69, 9.17) is 0 Å². The van der Waals surface area contributed by atoms with Gasteiger partial charge in [0, 0.05) is 0 Å². The van der Waals surface area contributed by atoms with Crippen molar-refractivity contribution in [3.63, 3.8) is 0 Å². The van der Waals surface area contributed by atoms with Gasteiger partial charge in [-0.15, -0.1) is 46.2 Å². The average molecular weight is 688 g/mol. The van der Waals surface area contributed by atoms with Crippen LogP contribution >= 0.6 is 0 Å². The maximum atomic E-state index is 3.41. The van der Waals surface area contributed by atoms with Gasteiger partial charge in [0.15, 0.2) is 0 Å². The van der Waals surface area contributed by atoms with Crippen LogP contribution in [0.5, 0.6) is 0 Å². The summed E-state index contributed by atoms with van der Waals surface area (Å²) in [4.78, 5) is 0. The molecule has 0 nitrogen and oxygen atoms in total. The number of allylic oxidation sites excluding steroid dienone is 4. The van der Waals surface area contributed by atoms with Gasteiger partial charge in [-0.25, -0.2) is 11.3 Å². The van der Waals surface area contributed by atoms with Crippen LogP contribution in [-0.2, 0) is 37.1 Å². The molecule has 0 atom stereocenters. The quantitative estimate of drug-likeness (QED) is 0.123. The molecule has 0 bridgehead atoms. The van der Waals surface area contributed by atoms with E-state index in [0.717, 1.165) is 19.3 Å². The van der Waals surface area contributed by atoms with Crippen molar-refractivity contribution in [2.75, 3.05) is 0 Å². The zero-order valence-corrected chi connectivity index (χ0v) is 32.5. The molecule has 0 saturated carbocycles. The van der Waals surface area contributed by atoms with Gasteiger partial charge in [-0.1, -0.05) is 88.5 Å². The second-order valence-electron chi connectivity index (χ2n) is 13.7. The SMILES string of the molecule is CCc1ccc2c(c1)[cH-]c1cc(CC)ccc12.C[Si](C)(C)C1=C([Si](C)(C)C)C[C-]=C1.[Zr+2]=[C](c1ccccc1)c1ccccc1. The Hall–Kier alpha value is -2.58. The number of hydrogen-bond donors (Lipinski definition) is 0. The molecule has 0 heterocycles. The molecule has 0 aromatic heterocycles. The summed E-state index contributed by atoms with van der Waals surface area (Å²) in [5, 5.41) is 8.98. The van der Waals surface area contributed by atoms with Gasteiger partial charge >= 0.3 is 99.2 Å². The third-order valence-corrected chi connectivity index (χ3v) is 14.3. The van der Waals surface area contributed by atoms with E-state index < -0.39 is 16.1 Å². The molecule has 1 aliphatic rings. The average Bonchev–Trinajstić information content (AvgIpc) is 3.67. The first kappa shape index (κ1) is 34.3. The molecule has 0 saturated heterocycles. The summed E-state index contributed by atoms with van der Waals surface area (Å²) in [7, 11) is -2.18. The van der Waals surface area contributed by atoms with Gasteiger partial charge in [0.05, 0.1) is 8.07 Å². The van der Waals surface area contributed by atoms with E-state index in [0.29, 0.717) is 0 Å². The summed E-state index contributed by atoms with van der Waals surface area (Å²) >= 11 is 1.46. The summed E-state index contributed by atoms with van der Waals surface area (Å²) in [6.07, 6.45) is 9.02. The van der Waals surface area contributed by atoms with Crippen LogP contribution in [-0.4, -0.2) is 19.4 Å². The molecule has 5 aromatic carbocycles. The van der Waals surface area contributed by atoms with Gasteiger partial charge in [0.1, 0.15) is 0 Å². The van der Waals surface area contributed by atoms with Crippen molar-refractivity contribution in [2.45, 2.75) is 72.4 Å². The van der Waals surface area contributed by atoms with E-state index in [1.165, 1.54) is 71.2 Å². The molecule has 224 valence electrons. The Balaban J connectivity index is 0.000000153. The standard InChI is InChI=1S/C17H17.C13H10.C11H21Si2.Zr/c1-3-12-5-7-16-14(9-12)11-15-10-13(4-2)6-8-17(15)16;1-3-7-12(8-4-1)11-13-9-5-2-6-10-13;1-12(2,3)10-8-7-9-11(10)13(4,5)6;/h5-11H,3-4H2,1-2H3;1-10H;8H,9H2,1-6H3;/q-1;;-1;+2. The minimum absolute atomic E-state index is 1.08. The number of benzene rings is 4. The minimum atomic E-state index is -1.10. The molecule has 0 spiro atoms. The Morgan fingerprint density at radius 3 is 1.48 bits per heavy atom. The molecule has 0 radical (unpaired) electrons. The van der Waals surface area contributed by atoms with Crippen LogP contribution in [0.3, 0.4) is 0 Å². The molecule has 3 heteroatoms. The Kier molecular flexibility index (Phi) is 11.8. The fraction of sp³-hybridized carbons (Fsp3) is 0.268. The van der Waals surface area contributed by atoms with Gasteiger partial charge < -0.3 is 0 Å². The zero-order valence-electron chi connectivity index (χ0n) is 28.0. The number of aryl methyl sites for hydroxylation is 2. The molecule has 5 aromatic rings. The van der Waals surface area contributed by atoms with Crippen LogP contribution in [0.15, 0.2) is 120 Å². The topological polar surface area (TPSA) is 0 Å². The molecule has 1 aliphatic carbocycles. The summed E-state index contributed by atoms with van der Waals surface area (Å²) in [5.74, 6) is 0. The number of fused-ring (bicyclic) bond motifs is 3. The van der Waals surface area contributed by atoms with Crippen LogP contribution < -0.4 is 0 Å². The molecular formula is C41H48Si2Zr. The summed E-state index contributed by atoms with van der Waals surface area (Å²) in [6, 6.07) is 37.1. The molecule has 0 unspecified atom stereocenters. The molecule has 0 fully saturated rings. The van der Waals surface area contributed by atoms with Crippen molar-refractivity contribution in [1.29, 1.82) is 0 Å². The molecule has 44 heavy (non-hydrogen) atoms. The number of hydrogen-bond acceptors (Lipinski definition) is 0. The normalized spacial score (nSPS) is 13.0. The number of rotatable bonds is 6. The van der Waals surface area contributed by atoms with Crippen LogP contribution in [0.1, 0.15) is 42.5 Å². The van der Waals surface area contributed by atoms with Crippen molar-refractivity contribution in [2.24, 2.45) is 0 Å². The van der Waals surface area contributed by atoms with Crippen molar-refractivity contribution in [3.8, 4) is 0 Å². The van der Waals surface area contributed by atoms with Crippen molar-refractivity contribution >= 4 is 40.9 Å². The molecule has 0 amide bonds. The third kappa shape index (κ3) is 8.78. The first-order valence-electron chi connectivity index (χ1n) is 16.0. The maximum absolute atomic E-state index is 3.41. The second kappa shape index (κ2) is 15.1.